The Morgan fingerprint density at radius 3 is 2.55 bits per heavy atom. The maximum absolute atomic E-state index is 12.8. The van der Waals surface area contributed by atoms with E-state index in [0.717, 1.165) is 10.9 Å². The number of nitrogens with zero attached hydrogens (tertiary/aromatic N) is 2. The van der Waals surface area contributed by atoms with Crippen molar-refractivity contribution in [2.45, 2.75) is 44.0 Å². The second-order valence-corrected chi connectivity index (χ2v) is 8.54. The maximum atomic E-state index is 12.8. The molecule has 0 aliphatic heterocycles. The zero-order valence-electron chi connectivity index (χ0n) is 17.2. The highest BCUT2D eigenvalue weighted by atomic mass is 79.9. The molecule has 7 nitrogen and oxygen atoms in total. The van der Waals surface area contributed by atoms with Crippen LogP contribution in [0.25, 0.3) is 5.52 Å². The minimum absolute atomic E-state index is 0.285. The Balaban J connectivity index is 1.53. The Labute approximate surface area is 195 Å². The van der Waals surface area contributed by atoms with Crippen LogP contribution in [0.2, 0.25) is 0 Å². The molecule has 0 saturated heterocycles. The Bertz CT molecular complexity index is 1180. The van der Waals surface area contributed by atoms with Gasteiger partial charge in [0.1, 0.15) is 17.6 Å². The first kappa shape index (κ1) is 23.1. The van der Waals surface area contributed by atoms with Gasteiger partial charge >= 0.3 is 12.1 Å². The van der Waals surface area contributed by atoms with E-state index in [1.54, 1.807) is 42.5 Å². The minimum atomic E-state index is -5.04. The number of nitrogens with one attached hydrogen (secondary N) is 2. The van der Waals surface area contributed by atoms with Crippen LogP contribution in [0.4, 0.5) is 24.7 Å². The average Bonchev–Trinajstić information content (AvgIpc) is 3.19. The first-order valence-corrected chi connectivity index (χ1v) is 11.1. The van der Waals surface area contributed by atoms with Gasteiger partial charge in [-0.05, 0) is 71.6 Å². The molecule has 1 aliphatic rings. The molecule has 1 amide bonds. The van der Waals surface area contributed by atoms with Gasteiger partial charge in [0.2, 0.25) is 0 Å². The Morgan fingerprint density at radius 1 is 1.06 bits per heavy atom. The van der Waals surface area contributed by atoms with E-state index in [2.05, 4.69) is 31.7 Å². The van der Waals surface area contributed by atoms with Gasteiger partial charge in [-0.3, -0.25) is 4.79 Å². The number of amides is 1. The summed E-state index contributed by atoms with van der Waals surface area (Å²) in [4.78, 5) is 24.2. The number of anilines is 2. The van der Waals surface area contributed by atoms with Crippen molar-refractivity contribution < 1.29 is 27.5 Å². The molecular weight excluding hydrogens is 505 g/mol. The minimum Gasteiger partial charge on any atom is -0.454 e. The van der Waals surface area contributed by atoms with Gasteiger partial charge in [-0.15, -0.1) is 5.10 Å². The van der Waals surface area contributed by atoms with Crippen LogP contribution in [0.5, 0.6) is 0 Å². The lowest BCUT2D eigenvalue weighted by molar-refractivity contribution is -0.206. The topological polar surface area (TPSA) is 84.7 Å². The second-order valence-electron chi connectivity index (χ2n) is 7.68. The van der Waals surface area contributed by atoms with Gasteiger partial charge < -0.3 is 15.4 Å². The highest BCUT2D eigenvalue weighted by Gasteiger charge is 2.43. The number of rotatable bonds is 5. The van der Waals surface area contributed by atoms with Crippen molar-refractivity contribution >= 4 is 44.8 Å². The van der Waals surface area contributed by atoms with Crippen molar-refractivity contribution in [2.24, 2.45) is 0 Å². The van der Waals surface area contributed by atoms with Gasteiger partial charge in [0.05, 0.1) is 17.2 Å². The number of hydrogen-bond acceptors (Lipinski definition) is 5. The van der Waals surface area contributed by atoms with Crippen molar-refractivity contribution in [1.29, 1.82) is 0 Å². The molecule has 3 aromatic rings. The number of carbonyl (C=O) groups excluding carboxylic acids is 2. The molecule has 2 N–H and O–H groups in total. The molecule has 0 spiro atoms. The van der Waals surface area contributed by atoms with E-state index in [0.29, 0.717) is 36.3 Å². The molecule has 2 atom stereocenters. The number of halogens is 4. The molecule has 2 aromatic heterocycles. The van der Waals surface area contributed by atoms with Crippen molar-refractivity contribution in [2.75, 3.05) is 10.6 Å². The lowest BCUT2D eigenvalue weighted by Gasteiger charge is -2.32. The number of alkyl halides is 3. The van der Waals surface area contributed by atoms with E-state index in [4.69, 9.17) is 4.74 Å². The Hall–Kier alpha value is -3.08. The summed E-state index contributed by atoms with van der Waals surface area (Å²) in [5, 5.41) is 10.3. The van der Waals surface area contributed by atoms with Crippen LogP contribution >= 0.6 is 15.9 Å². The predicted molar refractivity (Wildman–Crippen MR) is 119 cm³/mol. The molecule has 1 fully saturated rings. The summed E-state index contributed by atoms with van der Waals surface area (Å²) in [6, 6.07) is 13.4. The fourth-order valence-corrected chi connectivity index (χ4v) is 4.17. The van der Waals surface area contributed by atoms with Crippen LogP contribution in [0.1, 0.15) is 36.2 Å². The fraction of sp³-hybridized carbons (Fsp3) is 0.318. The number of benzene rings is 1. The highest BCUT2D eigenvalue weighted by molar-refractivity contribution is 9.10. The van der Waals surface area contributed by atoms with Crippen LogP contribution in [0, 0.1) is 0 Å². The van der Waals surface area contributed by atoms with Gasteiger partial charge in [-0.1, -0.05) is 18.6 Å². The summed E-state index contributed by atoms with van der Waals surface area (Å²) in [7, 11) is 0. The molecule has 174 valence electrons. The van der Waals surface area contributed by atoms with Crippen molar-refractivity contribution in [1.82, 2.24) is 9.61 Å². The van der Waals surface area contributed by atoms with Gasteiger partial charge in [0, 0.05) is 4.47 Å². The summed E-state index contributed by atoms with van der Waals surface area (Å²) >= 11 is 3.39. The molecule has 0 unspecified atom stereocenters. The van der Waals surface area contributed by atoms with Crippen molar-refractivity contribution in [3.8, 4) is 0 Å². The summed E-state index contributed by atoms with van der Waals surface area (Å²) in [6.07, 6.45) is -3.67. The monoisotopic (exact) mass is 524 g/mol. The SMILES string of the molecule is O=C(Nc1ccccc1Br)c1ccc2ccc(N[C@@H]3CCCC[C@@H]3OC(=O)C(F)(F)F)nn12. The fourth-order valence-electron chi connectivity index (χ4n) is 3.78. The summed E-state index contributed by atoms with van der Waals surface area (Å²) in [5.74, 6) is -2.21. The molecular formula is C22H20BrF3N4O3. The third kappa shape index (κ3) is 5.29. The number of fused-ring (bicyclic) bond motifs is 1. The quantitative estimate of drug-likeness (QED) is 0.449. The summed E-state index contributed by atoms with van der Waals surface area (Å²) < 4.78 is 44.8. The Morgan fingerprint density at radius 2 is 1.79 bits per heavy atom. The van der Waals surface area contributed by atoms with Gasteiger partial charge in [0.15, 0.2) is 0 Å². The zero-order chi connectivity index (χ0) is 23.6. The third-order valence-electron chi connectivity index (χ3n) is 5.38. The number of carbonyl (C=O) groups is 2. The number of ether oxygens (including phenoxy) is 1. The molecule has 1 aliphatic carbocycles. The molecule has 0 bridgehead atoms. The first-order chi connectivity index (χ1) is 15.7. The molecule has 0 radical (unpaired) electrons. The molecule has 2 heterocycles. The number of aromatic nitrogens is 2. The predicted octanol–water partition coefficient (Wildman–Crippen LogP) is 5.18. The van der Waals surface area contributed by atoms with Crippen molar-refractivity contribution in [3.63, 3.8) is 0 Å². The molecule has 1 aromatic carbocycles. The van der Waals surface area contributed by atoms with Crippen molar-refractivity contribution in [3.05, 3.63) is 58.7 Å². The Kier molecular flexibility index (Phi) is 6.59. The van der Waals surface area contributed by atoms with E-state index in [9.17, 15) is 22.8 Å². The van der Waals surface area contributed by atoms with Gasteiger partial charge in [-0.25, -0.2) is 9.31 Å². The lowest BCUT2D eigenvalue weighted by Crippen LogP contribution is -2.42. The molecule has 11 heteroatoms. The maximum Gasteiger partial charge on any atom is 0.490 e. The standard InChI is InChI=1S/C22H20BrF3N4O3/c23-14-5-1-2-6-15(14)28-20(31)17-11-9-13-10-12-19(29-30(13)17)27-16-7-3-4-8-18(16)33-21(32)22(24,25)26/h1-2,5-6,9-12,16,18H,3-4,7-8H2,(H,27,29)(H,28,31)/t16-,18+/m1/s1. The summed E-state index contributed by atoms with van der Waals surface area (Å²) in [5.41, 5.74) is 1.55. The van der Waals surface area contributed by atoms with E-state index in [1.165, 1.54) is 4.52 Å². The van der Waals surface area contributed by atoms with E-state index < -0.39 is 24.3 Å². The van der Waals surface area contributed by atoms with Crippen LogP contribution in [0.15, 0.2) is 53.0 Å². The average molecular weight is 525 g/mol. The van der Waals surface area contributed by atoms with Gasteiger partial charge in [-0.2, -0.15) is 13.2 Å². The second kappa shape index (κ2) is 9.42. The van der Waals surface area contributed by atoms with Gasteiger partial charge in [0.25, 0.3) is 5.91 Å². The van der Waals surface area contributed by atoms with Crippen LogP contribution < -0.4 is 10.6 Å². The third-order valence-corrected chi connectivity index (χ3v) is 6.08. The van der Waals surface area contributed by atoms with E-state index in [1.807, 2.05) is 6.07 Å². The first-order valence-electron chi connectivity index (χ1n) is 10.3. The smallest absolute Gasteiger partial charge is 0.454 e. The highest BCUT2D eigenvalue weighted by Crippen LogP contribution is 2.27. The van der Waals surface area contributed by atoms with Crippen LogP contribution in [-0.2, 0) is 9.53 Å². The molecule has 4 rings (SSSR count). The molecule has 33 heavy (non-hydrogen) atoms. The normalized spacial score (nSPS) is 18.7. The number of hydrogen-bond donors (Lipinski definition) is 2. The van der Waals surface area contributed by atoms with Crippen LogP contribution in [-0.4, -0.2) is 39.8 Å². The number of esters is 1. The van der Waals surface area contributed by atoms with E-state index >= 15 is 0 Å². The zero-order valence-corrected chi connectivity index (χ0v) is 18.8. The summed E-state index contributed by atoms with van der Waals surface area (Å²) in [6.45, 7) is 0. The largest absolute Gasteiger partial charge is 0.490 e. The van der Waals surface area contributed by atoms with E-state index in [-0.39, 0.29) is 11.6 Å². The molecule has 1 saturated carbocycles. The number of para-hydroxylation sites is 1. The van der Waals surface area contributed by atoms with Crippen LogP contribution in [0.3, 0.4) is 0 Å². The lowest BCUT2D eigenvalue weighted by atomic mass is 9.92.